The second-order valence-electron chi connectivity index (χ2n) is 13.5. The number of anilines is 2. The number of H-pyrrole nitrogens is 1. The Morgan fingerprint density at radius 3 is 2.45 bits per heavy atom. The van der Waals surface area contributed by atoms with Crippen LogP contribution in [-0.2, 0) is 14.4 Å². The van der Waals surface area contributed by atoms with Crippen LogP contribution in [0.2, 0.25) is 5.02 Å². The number of aromatic amines is 1. The van der Waals surface area contributed by atoms with Crippen molar-refractivity contribution in [1.29, 1.82) is 0 Å². The van der Waals surface area contributed by atoms with Crippen molar-refractivity contribution < 1.29 is 23.9 Å². The number of benzene rings is 4. The molecule has 4 aliphatic rings. The fourth-order valence-corrected chi connectivity index (χ4v) is 12.0. The first-order valence-electron chi connectivity index (χ1n) is 17.0. The molecule has 12 heteroatoms. The third-order valence-electron chi connectivity index (χ3n) is 10.8. The zero-order valence-corrected chi connectivity index (χ0v) is 29.7. The second-order valence-corrected chi connectivity index (χ2v) is 16.1. The van der Waals surface area contributed by atoms with Gasteiger partial charge in [-0.1, -0.05) is 59.3 Å². The van der Waals surface area contributed by atoms with Crippen LogP contribution in [-0.4, -0.2) is 41.2 Å². The number of thiazole rings is 1. The third kappa shape index (κ3) is 5.36. The normalized spacial score (nSPS) is 25.8. The molecule has 7 atom stereocenters. The van der Waals surface area contributed by atoms with Crippen LogP contribution < -0.4 is 24.6 Å². The van der Waals surface area contributed by atoms with Crippen molar-refractivity contribution >= 4 is 74.6 Å². The van der Waals surface area contributed by atoms with Gasteiger partial charge in [0.15, 0.2) is 18.1 Å². The predicted molar refractivity (Wildman–Crippen MR) is 198 cm³/mol. The molecule has 2 bridgehead atoms. The molecule has 2 aliphatic carbocycles. The average Bonchev–Trinajstić information content (AvgIpc) is 3.87. The molecule has 9 nitrogen and oxygen atoms in total. The van der Waals surface area contributed by atoms with Gasteiger partial charge in [-0.05, 0) is 96.0 Å². The maximum atomic E-state index is 14.1. The van der Waals surface area contributed by atoms with Crippen molar-refractivity contribution in [3.63, 3.8) is 0 Å². The molecule has 3 amide bonds. The molecular weight excluding hydrogens is 706 g/mol. The highest BCUT2D eigenvalue weighted by molar-refractivity contribution is 8.00. The Morgan fingerprint density at radius 1 is 0.902 bits per heavy atom. The molecule has 4 unspecified atom stereocenters. The first kappa shape index (κ1) is 32.3. The lowest BCUT2D eigenvalue weighted by molar-refractivity contribution is -0.123. The van der Waals surface area contributed by atoms with Crippen molar-refractivity contribution in [2.75, 3.05) is 23.4 Å². The number of ether oxygens (including phenoxy) is 2. The van der Waals surface area contributed by atoms with E-state index < -0.39 is 11.8 Å². The van der Waals surface area contributed by atoms with Crippen LogP contribution in [0, 0.1) is 29.6 Å². The molecule has 2 aliphatic heterocycles. The Morgan fingerprint density at radius 2 is 1.67 bits per heavy atom. The first-order valence-corrected chi connectivity index (χ1v) is 19.1. The maximum absolute atomic E-state index is 14.1. The Balaban J connectivity index is 1.00. The van der Waals surface area contributed by atoms with Gasteiger partial charge in [0.25, 0.3) is 5.91 Å². The molecule has 9 rings (SSSR count). The minimum absolute atomic E-state index is 0.00196. The van der Waals surface area contributed by atoms with Crippen molar-refractivity contribution in [3.05, 3.63) is 110 Å². The van der Waals surface area contributed by atoms with Gasteiger partial charge in [0.05, 0.1) is 29.2 Å². The van der Waals surface area contributed by atoms with E-state index in [2.05, 4.69) is 10.3 Å². The number of amides is 3. The van der Waals surface area contributed by atoms with Crippen LogP contribution in [0.4, 0.5) is 11.4 Å². The largest absolute Gasteiger partial charge is 0.490 e. The zero-order valence-electron chi connectivity index (χ0n) is 27.3. The van der Waals surface area contributed by atoms with Crippen LogP contribution in [0.5, 0.6) is 11.5 Å². The quantitative estimate of drug-likeness (QED) is 0.160. The number of rotatable bonds is 8. The third-order valence-corrected chi connectivity index (χ3v) is 13.7. The lowest BCUT2D eigenvalue weighted by atomic mass is 9.68. The van der Waals surface area contributed by atoms with Crippen LogP contribution in [0.25, 0.3) is 10.8 Å². The molecule has 258 valence electrons. The monoisotopic (exact) mass is 737 g/mol. The summed E-state index contributed by atoms with van der Waals surface area (Å²) in [5, 5.41) is 6.44. The lowest BCUT2D eigenvalue weighted by Crippen LogP contribution is -2.42. The van der Waals surface area contributed by atoms with E-state index in [1.165, 1.54) is 16.2 Å². The molecule has 2 saturated carbocycles. The number of thioether (sulfide) groups is 1. The fourth-order valence-electron chi connectivity index (χ4n) is 8.95. The lowest BCUT2D eigenvalue weighted by Gasteiger charge is -2.43. The van der Waals surface area contributed by atoms with E-state index in [4.69, 9.17) is 21.1 Å². The van der Waals surface area contributed by atoms with Gasteiger partial charge in [-0.2, -0.15) is 0 Å². The summed E-state index contributed by atoms with van der Waals surface area (Å²) in [7, 11) is 0. The summed E-state index contributed by atoms with van der Waals surface area (Å²) in [6, 6.07) is 26.3. The minimum Gasteiger partial charge on any atom is -0.490 e. The van der Waals surface area contributed by atoms with Crippen LogP contribution in [0.1, 0.15) is 29.7 Å². The van der Waals surface area contributed by atoms with E-state index in [-0.39, 0.29) is 58.1 Å². The summed E-state index contributed by atoms with van der Waals surface area (Å²) >= 11 is 8.96. The molecule has 0 radical (unpaired) electrons. The van der Waals surface area contributed by atoms with Crippen molar-refractivity contribution in [2.45, 2.75) is 29.5 Å². The molecule has 5 aromatic rings. The van der Waals surface area contributed by atoms with Gasteiger partial charge in [0, 0.05) is 26.8 Å². The van der Waals surface area contributed by atoms with Gasteiger partial charge in [-0.3, -0.25) is 24.1 Å². The number of imide groups is 1. The standard InChI is InChI=1S/C39H32ClN3O6S2/c1-2-48-28-16-21(8-14-27(28)49-18-29(44)41-23-11-7-19-5-3-4-6-20(19)15-23)30-31-25-17-26(34(31)50-36-35(30)51-39(47)42-36)33-32(25)37(45)43(38(33)46)24-12-9-22(40)10-13-24/h3-16,25-26,30-34H,2,17-18H2,1H3,(H,41,44)(H,42,47)/t25-,26-,30-,31?,32?,33?,34?/m1/s1. The SMILES string of the molecule is CCOc1cc([C@H]2c3sc(=O)[nH]c3SC3C2[C@H]2C[C@@H]3C3C(=O)N(c4ccc(Cl)cc4)C(=O)C32)ccc1OCC(=O)Nc1ccc2ccccc2c1. The van der Waals surface area contributed by atoms with Crippen LogP contribution in [0.15, 0.2) is 94.7 Å². The fraction of sp³-hybridized carbons (Fsp3) is 0.282. The number of halogens is 1. The molecule has 0 spiro atoms. The average molecular weight is 738 g/mol. The Labute approximate surface area is 306 Å². The molecule has 1 aromatic heterocycles. The van der Waals surface area contributed by atoms with E-state index in [1.54, 1.807) is 36.0 Å². The summed E-state index contributed by atoms with van der Waals surface area (Å²) in [6.07, 6.45) is 0.783. The summed E-state index contributed by atoms with van der Waals surface area (Å²) in [5.41, 5.74) is 2.16. The van der Waals surface area contributed by atoms with E-state index in [9.17, 15) is 19.2 Å². The molecule has 3 fully saturated rings. The number of carbonyl (C=O) groups is 3. The van der Waals surface area contributed by atoms with Crippen molar-refractivity contribution in [1.82, 2.24) is 4.98 Å². The van der Waals surface area contributed by atoms with Crippen molar-refractivity contribution in [2.24, 2.45) is 29.6 Å². The highest BCUT2D eigenvalue weighted by atomic mass is 35.5. The van der Waals surface area contributed by atoms with Crippen LogP contribution >= 0.6 is 34.7 Å². The summed E-state index contributed by atoms with van der Waals surface area (Å²) in [5.74, 6) is -0.698. The number of fused-ring (bicyclic) bond motifs is 10. The van der Waals surface area contributed by atoms with Gasteiger partial charge in [0.2, 0.25) is 11.8 Å². The number of hydrogen-bond donors (Lipinski definition) is 2. The predicted octanol–water partition coefficient (Wildman–Crippen LogP) is 7.34. The molecular formula is C39H32ClN3O6S2. The number of nitrogens with one attached hydrogen (secondary N) is 2. The topological polar surface area (TPSA) is 118 Å². The molecule has 3 heterocycles. The Bertz CT molecular complexity index is 2290. The number of carbonyl (C=O) groups excluding carboxylic acids is 3. The minimum atomic E-state index is -0.421. The van der Waals surface area contributed by atoms with Gasteiger partial charge in [0.1, 0.15) is 0 Å². The van der Waals surface area contributed by atoms with E-state index >= 15 is 0 Å². The number of aromatic nitrogens is 1. The van der Waals surface area contributed by atoms with Gasteiger partial charge in [-0.15, -0.1) is 11.8 Å². The number of hydrogen-bond acceptors (Lipinski definition) is 8. The van der Waals surface area contributed by atoms with Gasteiger partial charge < -0.3 is 19.8 Å². The van der Waals surface area contributed by atoms with Gasteiger partial charge >= 0.3 is 4.87 Å². The van der Waals surface area contributed by atoms with E-state index in [0.717, 1.165) is 32.7 Å². The van der Waals surface area contributed by atoms with Crippen LogP contribution in [0.3, 0.4) is 0 Å². The summed E-state index contributed by atoms with van der Waals surface area (Å²) in [4.78, 5) is 58.9. The molecule has 2 N–H and O–H groups in total. The molecule has 4 aromatic carbocycles. The van der Waals surface area contributed by atoms with E-state index in [0.29, 0.717) is 34.5 Å². The highest BCUT2D eigenvalue weighted by Crippen LogP contribution is 2.68. The smallest absolute Gasteiger partial charge is 0.305 e. The maximum Gasteiger partial charge on any atom is 0.305 e. The summed E-state index contributed by atoms with van der Waals surface area (Å²) < 4.78 is 12.1. The van der Waals surface area contributed by atoms with E-state index in [1.807, 2.05) is 67.6 Å². The second kappa shape index (κ2) is 12.6. The summed E-state index contributed by atoms with van der Waals surface area (Å²) in [6.45, 7) is 2.05. The highest BCUT2D eigenvalue weighted by Gasteiger charge is 2.69. The zero-order chi connectivity index (χ0) is 35.0. The van der Waals surface area contributed by atoms with Gasteiger partial charge in [-0.25, -0.2) is 0 Å². The molecule has 1 saturated heterocycles. The molecule has 51 heavy (non-hydrogen) atoms. The van der Waals surface area contributed by atoms with Crippen molar-refractivity contribution in [3.8, 4) is 11.5 Å². The number of nitrogens with zero attached hydrogens (tertiary/aromatic N) is 1. The Hall–Kier alpha value is -4.58. The first-order chi connectivity index (χ1) is 24.8. The Kier molecular flexibility index (Phi) is 7.97.